The lowest BCUT2D eigenvalue weighted by Crippen LogP contribution is -2.29. The Labute approximate surface area is 141 Å². The number of rotatable bonds is 5. The van der Waals surface area contributed by atoms with Crippen molar-refractivity contribution in [3.63, 3.8) is 0 Å². The average molecular weight is 338 g/mol. The maximum Gasteiger partial charge on any atom is 0.267 e. The van der Waals surface area contributed by atoms with Crippen molar-refractivity contribution in [2.45, 2.75) is 6.54 Å². The summed E-state index contributed by atoms with van der Waals surface area (Å²) in [7, 11) is 0. The Balaban J connectivity index is 1.73. The van der Waals surface area contributed by atoms with Gasteiger partial charge in [-0.3, -0.25) is 14.4 Å². The number of carbonyl (C=O) groups is 2. The van der Waals surface area contributed by atoms with E-state index >= 15 is 0 Å². The Bertz CT molecular complexity index is 959. The molecule has 126 valence electrons. The van der Waals surface area contributed by atoms with Gasteiger partial charge in [0.25, 0.3) is 5.56 Å². The first-order valence-electron chi connectivity index (χ1n) is 7.35. The second kappa shape index (κ2) is 6.83. The number of aromatic nitrogens is 2. The largest absolute Gasteiger partial charge is 0.463 e. The Hall–Kier alpha value is -3.68. The highest BCUT2D eigenvalue weighted by Crippen LogP contribution is 2.15. The number of nitrogens with one attached hydrogen (secondary N) is 1. The molecular formula is C17H14N4O4. The molecule has 8 heteroatoms. The zero-order valence-electron chi connectivity index (χ0n) is 13.0. The molecule has 0 aliphatic heterocycles. The van der Waals surface area contributed by atoms with Crippen LogP contribution in [0.25, 0.3) is 11.5 Å². The van der Waals surface area contributed by atoms with Crippen molar-refractivity contribution in [2.75, 3.05) is 5.32 Å². The second-order valence-corrected chi connectivity index (χ2v) is 5.18. The first-order chi connectivity index (χ1) is 12.0. The van der Waals surface area contributed by atoms with Crippen LogP contribution in [0.5, 0.6) is 0 Å². The summed E-state index contributed by atoms with van der Waals surface area (Å²) in [5, 5.41) is 6.75. The first-order valence-corrected chi connectivity index (χ1v) is 7.35. The van der Waals surface area contributed by atoms with E-state index in [1.54, 1.807) is 24.3 Å². The van der Waals surface area contributed by atoms with E-state index in [0.29, 0.717) is 22.7 Å². The Morgan fingerprint density at radius 2 is 1.88 bits per heavy atom. The highest BCUT2D eigenvalue weighted by atomic mass is 16.3. The lowest BCUT2D eigenvalue weighted by atomic mass is 10.2. The zero-order valence-corrected chi connectivity index (χ0v) is 13.0. The fraction of sp³-hybridized carbons (Fsp3) is 0.0588. The SMILES string of the molecule is NC(=O)c1ccc(NC(=O)Cn2nc(-c3ccco3)ccc2=O)cc1. The molecule has 8 nitrogen and oxygen atoms in total. The minimum absolute atomic E-state index is 0.259. The van der Waals surface area contributed by atoms with Crippen LogP contribution in [0.3, 0.4) is 0 Å². The molecule has 2 amide bonds. The number of nitrogens with zero attached hydrogens (tertiary/aromatic N) is 2. The molecule has 0 atom stereocenters. The highest BCUT2D eigenvalue weighted by molar-refractivity contribution is 5.94. The Kier molecular flexibility index (Phi) is 4.42. The minimum atomic E-state index is -0.552. The van der Waals surface area contributed by atoms with Crippen molar-refractivity contribution in [3.05, 3.63) is 70.7 Å². The molecule has 3 N–H and O–H groups in total. The standard InChI is InChI=1S/C17H14N4O4/c18-17(24)11-3-5-12(6-4-11)19-15(22)10-21-16(23)8-7-13(20-21)14-2-1-9-25-14/h1-9H,10H2,(H2,18,24)(H,19,22). The molecule has 0 saturated carbocycles. The third kappa shape index (κ3) is 3.81. The van der Waals surface area contributed by atoms with E-state index < -0.39 is 17.4 Å². The molecular weight excluding hydrogens is 324 g/mol. The smallest absolute Gasteiger partial charge is 0.267 e. The van der Waals surface area contributed by atoms with Crippen LogP contribution in [0, 0.1) is 0 Å². The molecule has 0 fully saturated rings. The third-order valence-electron chi connectivity index (χ3n) is 3.39. The molecule has 0 unspecified atom stereocenters. The van der Waals surface area contributed by atoms with Gasteiger partial charge < -0.3 is 15.5 Å². The van der Waals surface area contributed by atoms with Gasteiger partial charge in [-0.2, -0.15) is 5.10 Å². The van der Waals surface area contributed by atoms with Gasteiger partial charge in [-0.15, -0.1) is 0 Å². The second-order valence-electron chi connectivity index (χ2n) is 5.18. The lowest BCUT2D eigenvalue weighted by Gasteiger charge is -2.08. The molecule has 25 heavy (non-hydrogen) atoms. The van der Waals surface area contributed by atoms with Crippen LogP contribution < -0.4 is 16.6 Å². The third-order valence-corrected chi connectivity index (χ3v) is 3.39. The van der Waals surface area contributed by atoms with Crippen LogP contribution in [-0.4, -0.2) is 21.6 Å². The van der Waals surface area contributed by atoms with E-state index in [2.05, 4.69) is 10.4 Å². The fourth-order valence-electron chi connectivity index (χ4n) is 2.17. The van der Waals surface area contributed by atoms with E-state index in [0.717, 1.165) is 4.68 Å². The molecule has 2 aromatic heterocycles. The van der Waals surface area contributed by atoms with E-state index in [1.165, 1.54) is 30.5 Å². The van der Waals surface area contributed by atoms with Crippen molar-refractivity contribution < 1.29 is 14.0 Å². The first kappa shape index (κ1) is 16.2. The molecule has 0 radical (unpaired) electrons. The van der Waals surface area contributed by atoms with Gasteiger partial charge >= 0.3 is 0 Å². The van der Waals surface area contributed by atoms with Gasteiger partial charge in [0.2, 0.25) is 11.8 Å². The number of hydrogen-bond acceptors (Lipinski definition) is 5. The predicted molar refractivity (Wildman–Crippen MR) is 89.8 cm³/mol. The zero-order chi connectivity index (χ0) is 17.8. The van der Waals surface area contributed by atoms with Crippen molar-refractivity contribution >= 4 is 17.5 Å². The van der Waals surface area contributed by atoms with E-state index in [1.807, 2.05) is 0 Å². The monoisotopic (exact) mass is 338 g/mol. The molecule has 2 heterocycles. The average Bonchev–Trinajstić information content (AvgIpc) is 3.12. The van der Waals surface area contributed by atoms with Gasteiger partial charge in [0.1, 0.15) is 12.2 Å². The van der Waals surface area contributed by atoms with E-state index in [-0.39, 0.29) is 6.54 Å². The number of hydrogen-bond donors (Lipinski definition) is 2. The molecule has 0 spiro atoms. The summed E-state index contributed by atoms with van der Waals surface area (Å²) in [6, 6.07) is 12.4. The van der Waals surface area contributed by atoms with E-state index in [9.17, 15) is 14.4 Å². The molecule has 1 aromatic carbocycles. The lowest BCUT2D eigenvalue weighted by molar-refractivity contribution is -0.117. The number of furan rings is 1. The number of amides is 2. The summed E-state index contributed by atoms with van der Waals surface area (Å²) in [5.74, 6) is -0.488. The van der Waals surface area contributed by atoms with Crippen LogP contribution in [-0.2, 0) is 11.3 Å². The molecule has 3 rings (SSSR count). The number of benzene rings is 1. The Morgan fingerprint density at radius 3 is 2.52 bits per heavy atom. The highest BCUT2D eigenvalue weighted by Gasteiger charge is 2.10. The van der Waals surface area contributed by atoms with Gasteiger partial charge in [0, 0.05) is 17.3 Å². The maximum absolute atomic E-state index is 12.1. The number of nitrogens with two attached hydrogens (primary N) is 1. The summed E-state index contributed by atoms with van der Waals surface area (Å²) in [5.41, 5.74) is 6.01. The van der Waals surface area contributed by atoms with Crippen LogP contribution >= 0.6 is 0 Å². The van der Waals surface area contributed by atoms with Gasteiger partial charge in [-0.25, -0.2) is 4.68 Å². The number of primary amides is 1. The van der Waals surface area contributed by atoms with Crippen LogP contribution in [0.2, 0.25) is 0 Å². The fourth-order valence-corrected chi connectivity index (χ4v) is 2.17. The molecule has 0 aliphatic carbocycles. The molecule has 0 saturated heterocycles. The van der Waals surface area contributed by atoms with E-state index in [4.69, 9.17) is 10.2 Å². The van der Waals surface area contributed by atoms with Crippen molar-refractivity contribution in [3.8, 4) is 11.5 Å². The predicted octanol–water partition coefficient (Wildman–Crippen LogP) is 1.24. The molecule has 0 bridgehead atoms. The van der Waals surface area contributed by atoms with Crippen molar-refractivity contribution in [1.29, 1.82) is 0 Å². The van der Waals surface area contributed by atoms with Gasteiger partial charge in [-0.1, -0.05) is 0 Å². The quantitative estimate of drug-likeness (QED) is 0.725. The van der Waals surface area contributed by atoms with Crippen LogP contribution in [0.1, 0.15) is 10.4 Å². The maximum atomic E-state index is 12.1. The summed E-state index contributed by atoms with van der Waals surface area (Å²) in [6.45, 7) is -0.259. The van der Waals surface area contributed by atoms with Gasteiger partial charge in [0.15, 0.2) is 5.76 Å². The summed E-state index contributed by atoms with van der Waals surface area (Å²) < 4.78 is 6.28. The topological polar surface area (TPSA) is 120 Å². The van der Waals surface area contributed by atoms with Crippen LogP contribution in [0.4, 0.5) is 5.69 Å². The normalized spacial score (nSPS) is 10.4. The van der Waals surface area contributed by atoms with Gasteiger partial charge in [-0.05, 0) is 42.5 Å². The van der Waals surface area contributed by atoms with Gasteiger partial charge in [0.05, 0.1) is 6.26 Å². The number of anilines is 1. The van der Waals surface area contributed by atoms with Crippen molar-refractivity contribution in [2.24, 2.45) is 5.73 Å². The van der Waals surface area contributed by atoms with Crippen molar-refractivity contribution in [1.82, 2.24) is 9.78 Å². The minimum Gasteiger partial charge on any atom is -0.463 e. The molecule has 0 aliphatic rings. The van der Waals surface area contributed by atoms with Crippen LogP contribution in [0.15, 0.2) is 64.0 Å². The number of carbonyl (C=O) groups excluding carboxylic acids is 2. The Morgan fingerprint density at radius 1 is 1.12 bits per heavy atom. The summed E-state index contributed by atoms with van der Waals surface area (Å²) >= 11 is 0. The summed E-state index contributed by atoms with van der Waals surface area (Å²) in [4.78, 5) is 35.0. The molecule has 3 aromatic rings. The summed E-state index contributed by atoms with van der Waals surface area (Å²) in [6.07, 6.45) is 1.49.